The highest BCUT2D eigenvalue weighted by molar-refractivity contribution is 6.10. The molecule has 4 heteroatoms. The van der Waals surface area contributed by atoms with E-state index in [0.717, 1.165) is 44.8 Å². The molecule has 0 saturated carbocycles. The second-order valence-electron chi connectivity index (χ2n) is 14.3. The molecule has 11 aromatic rings. The molecule has 56 heavy (non-hydrogen) atoms. The maximum atomic E-state index is 4.71. The monoisotopic (exact) mass is 714 g/mol. The van der Waals surface area contributed by atoms with Crippen LogP contribution in [0.4, 0.5) is 0 Å². The van der Waals surface area contributed by atoms with E-state index in [-0.39, 0.29) is 0 Å². The third-order valence-electron chi connectivity index (χ3n) is 11.0. The van der Waals surface area contributed by atoms with E-state index in [1.807, 2.05) is 18.5 Å². The quantitative estimate of drug-likeness (QED) is 0.172. The van der Waals surface area contributed by atoms with Crippen LogP contribution in [-0.4, -0.2) is 19.1 Å². The van der Waals surface area contributed by atoms with Crippen LogP contribution >= 0.6 is 0 Å². The van der Waals surface area contributed by atoms with Gasteiger partial charge >= 0.3 is 0 Å². The van der Waals surface area contributed by atoms with E-state index in [1.165, 1.54) is 49.2 Å². The topological polar surface area (TPSA) is 35.6 Å². The number of benzene rings is 8. The molecule has 3 aromatic heterocycles. The van der Waals surface area contributed by atoms with Crippen molar-refractivity contribution in [3.8, 4) is 56.1 Å². The second kappa shape index (κ2) is 13.1. The SMILES string of the molecule is c1ccc(-c2cccc(-c3cc(-c4cc(-n5c6ccccc6c6ccccc65)cc(-n5c6ccccc6c6ccccc65)c4)ccc3-c3ncccn3)c2)cc1. The average molecular weight is 715 g/mol. The largest absolute Gasteiger partial charge is 0.309 e. The van der Waals surface area contributed by atoms with Crippen LogP contribution in [0.2, 0.25) is 0 Å². The van der Waals surface area contributed by atoms with E-state index in [9.17, 15) is 0 Å². The Bertz CT molecular complexity index is 3010. The van der Waals surface area contributed by atoms with Gasteiger partial charge in [0.05, 0.1) is 22.1 Å². The fourth-order valence-electron chi connectivity index (χ4n) is 8.51. The Morgan fingerprint density at radius 2 is 0.750 bits per heavy atom. The first-order chi connectivity index (χ1) is 27.8. The van der Waals surface area contributed by atoms with Crippen LogP contribution in [0.3, 0.4) is 0 Å². The maximum Gasteiger partial charge on any atom is 0.159 e. The molecule has 0 aliphatic rings. The number of nitrogens with zero attached hydrogens (tertiary/aromatic N) is 4. The van der Waals surface area contributed by atoms with E-state index in [2.05, 4.69) is 197 Å². The highest BCUT2D eigenvalue weighted by Crippen LogP contribution is 2.40. The van der Waals surface area contributed by atoms with E-state index >= 15 is 0 Å². The normalized spacial score (nSPS) is 11.6. The van der Waals surface area contributed by atoms with Crippen LogP contribution in [0.15, 0.2) is 207 Å². The average Bonchev–Trinajstić information content (AvgIpc) is 3.80. The first kappa shape index (κ1) is 31.9. The molecule has 0 spiro atoms. The summed E-state index contributed by atoms with van der Waals surface area (Å²) in [6, 6.07) is 69.8. The lowest BCUT2D eigenvalue weighted by molar-refractivity contribution is 1.13. The van der Waals surface area contributed by atoms with Crippen molar-refractivity contribution >= 4 is 43.6 Å². The Morgan fingerprint density at radius 3 is 1.30 bits per heavy atom. The van der Waals surface area contributed by atoms with Gasteiger partial charge in [-0.05, 0) is 100 Å². The summed E-state index contributed by atoms with van der Waals surface area (Å²) in [6.07, 6.45) is 3.63. The first-order valence-electron chi connectivity index (χ1n) is 19.0. The van der Waals surface area contributed by atoms with Gasteiger partial charge in [0, 0.05) is 50.9 Å². The van der Waals surface area contributed by atoms with Gasteiger partial charge in [0.1, 0.15) is 0 Å². The number of hydrogen-bond donors (Lipinski definition) is 0. The van der Waals surface area contributed by atoms with Crippen molar-refractivity contribution in [1.29, 1.82) is 0 Å². The van der Waals surface area contributed by atoms with Crippen molar-refractivity contribution < 1.29 is 0 Å². The second-order valence-corrected chi connectivity index (χ2v) is 14.3. The summed E-state index contributed by atoms with van der Waals surface area (Å²) in [6.45, 7) is 0. The van der Waals surface area contributed by atoms with Crippen molar-refractivity contribution in [3.63, 3.8) is 0 Å². The molecule has 3 heterocycles. The van der Waals surface area contributed by atoms with Crippen LogP contribution in [-0.2, 0) is 0 Å². The number of fused-ring (bicyclic) bond motifs is 6. The lowest BCUT2D eigenvalue weighted by atomic mass is 9.92. The van der Waals surface area contributed by atoms with Crippen LogP contribution in [0, 0.1) is 0 Å². The van der Waals surface area contributed by atoms with Gasteiger partial charge in [-0.1, -0.05) is 127 Å². The zero-order chi connectivity index (χ0) is 37.0. The van der Waals surface area contributed by atoms with Gasteiger partial charge in [0.25, 0.3) is 0 Å². The number of rotatable bonds is 6. The third kappa shape index (κ3) is 5.23. The Morgan fingerprint density at radius 1 is 0.286 bits per heavy atom. The van der Waals surface area contributed by atoms with Crippen LogP contribution in [0.5, 0.6) is 0 Å². The minimum atomic E-state index is 0.698. The minimum absolute atomic E-state index is 0.698. The van der Waals surface area contributed by atoms with Crippen molar-refractivity contribution in [2.75, 3.05) is 0 Å². The van der Waals surface area contributed by atoms with Gasteiger partial charge in [-0.25, -0.2) is 9.97 Å². The Hall–Kier alpha value is -7.56. The van der Waals surface area contributed by atoms with Crippen molar-refractivity contribution in [2.24, 2.45) is 0 Å². The van der Waals surface area contributed by atoms with Gasteiger partial charge in [0.2, 0.25) is 0 Å². The molecular weight excluding hydrogens is 681 g/mol. The molecule has 0 atom stereocenters. The summed E-state index contributed by atoms with van der Waals surface area (Å²) in [5.74, 6) is 0.698. The predicted octanol–water partition coefficient (Wildman–Crippen LogP) is 13.3. The molecule has 0 amide bonds. The summed E-state index contributed by atoms with van der Waals surface area (Å²) in [5, 5.41) is 4.94. The summed E-state index contributed by atoms with van der Waals surface area (Å²) >= 11 is 0. The molecule has 4 nitrogen and oxygen atoms in total. The van der Waals surface area contributed by atoms with Crippen LogP contribution in [0.25, 0.3) is 99.8 Å². The molecule has 0 fully saturated rings. The first-order valence-corrected chi connectivity index (χ1v) is 19.0. The molecule has 0 bridgehead atoms. The Balaban J connectivity index is 1.20. The fourth-order valence-corrected chi connectivity index (χ4v) is 8.51. The molecule has 0 radical (unpaired) electrons. The predicted molar refractivity (Wildman–Crippen MR) is 232 cm³/mol. The van der Waals surface area contributed by atoms with Gasteiger partial charge in [-0.3, -0.25) is 0 Å². The Kier molecular flexibility index (Phi) is 7.46. The van der Waals surface area contributed by atoms with E-state index < -0.39 is 0 Å². The van der Waals surface area contributed by atoms with Crippen molar-refractivity contribution in [3.05, 3.63) is 207 Å². The summed E-state index contributed by atoms with van der Waals surface area (Å²) in [4.78, 5) is 9.42. The van der Waals surface area contributed by atoms with Gasteiger partial charge in [-0.2, -0.15) is 0 Å². The molecule has 0 saturated heterocycles. The molecule has 8 aromatic carbocycles. The fraction of sp³-hybridized carbons (Fsp3) is 0. The third-order valence-corrected chi connectivity index (χ3v) is 11.0. The van der Waals surface area contributed by atoms with Gasteiger partial charge < -0.3 is 9.13 Å². The van der Waals surface area contributed by atoms with Crippen molar-refractivity contribution in [1.82, 2.24) is 19.1 Å². The molecule has 0 unspecified atom stereocenters. The molecule has 11 rings (SSSR count). The molecular formula is C52H34N4. The molecule has 0 N–H and O–H groups in total. The standard InChI is InChI=1S/C52H34N4/c1-2-14-35(15-3-1)36-16-12-17-38(30-36)47-33-37(26-27-46(47)52-53-28-13-29-54-52)39-31-40(55-48-22-8-4-18-42(48)43-19-5-9-23-49(43)55)34-41(32-39)56-50-24-10-6-20-44(50)45-21-7-11-25-51(45)56/h1-34H. The lowest BCUT2D eigenvalue weighted by Crippen LogP contribution is -2.00. The summed E-state index contributed by atoms with van der Waals surface area (Å²) < 4.78 is 4.84. The van der Waals surface area contributed by atoms with Crippen LogP contribution in [0.1, 0.15) is 0 Å². The van der Waals surface area contributed by atoms with E-state index in [1.54, 1.807) is 0 Å². The highest BCUT2D eigenvalue weighted by atomic mass is 15.0. The number of hydrogen-bond acceptors (Lipinski definition) is 2. The van der Waals surface area contributed by atoms with Gasteiger partial charge in [-0.15, -0.1) is 0 Å². The van der Waals surface area contributed by atoms with Crippen molar-refractivity contribution in [2.45, 2.75) is 0 Å². The Labute approximate surface area is 324 Å². The van der Waals surface area contributed by atoms with Crippen LogP contribution < -0.4 is 0 Å². The smallest absolute Gasteiger partial charge is 0.159 e. The zero-order valence-electron chi connectivity index (χ0n) is 30.4. The minimum Gasteiger partial charge on any atom is -0.309 e. The zero-order valence-corrected chi connectivity index (χ0v) is 30.4. The summed E-state index contributed by atoms with van der Waals surface area (Å²) in [7, 11) is 0. The lowest BCUT2D eigenvalue weighted by Gasteiger charge is -2.17. The maximum absolute atomic E-state index is 4.71. The molecule has 0 aliphatic heterocycles. The van der Waals surface area contributed by atoms with E-state index in [0.29, 0.717) is 5.82 Å². The van der Waals surface area contributed by atoms with E-state index in [4.69, 9.17) is 9.97 Å². The molecule has 262 valence electrons. The van der Waals surface area contributed by atoms with Gasteiger partial charge in [0.15, 0.2) is 5.82 Å². The highest BCUT2D eigenvalue weighted by Gasteiger charge is 2.19. The summed E-state index contributed by atoms with van der Waals surface area (Å²) in [5.41, 5.74) is 14.6. The number of para-hydroxylation sites is 4. The number of aromatic nitrogens is 4. The molecule has 0 aliphatic carbocycles.